The van der Waals surface area contributed by atoms with E-state index in [4.69, 9.17) is 11.0 Å². The Morgan fingerprint density at radius 1 is 1.56 bits per heavy atom. The molecule has 2 aromatic rings. The van der Waals surface area contributed by atoms with Gasteiger partial charge in [-0.05, 0) is 19.1 Å². The van der Waals surface area contributed by atoms with Crippen LogP contribution in [0.2, 0.25) is 0 Å². The van der Waals surface area contributed by atoms with E-state index in [2.05, 4.69) is 10.1 Å². The standard InChI is InChI=1S/C12H12FN5/c1-8(15)12-16-7-18(17-12)6-10-3-2-9(5-14)4-11(10)13/h2-4,7-8H,6,15H2,1H3. The van der Waals surface area contributed by atoms with Gasteiger partial charge in [-0.3, -0.25) is 0 Å². The molecule has 0 bridgehead atoms. The average Bonchev–Trinajstić information content (AvgIpc) is 2.80. The van der Waals surface area contributed by atoms with Crippen molar-refractivity contribution < 1.29 is 4.39 Å². The first kappa shape index (κ1) is 12.2. The molecule has 18 heavy (non-hydrogen) atoms. The van der Waals surface area contributed by atoms with Gasteiger partial charge < -0.3 is 5.73 Å². The molecule has 0 fully saturated rings. The highest BCUT2D eigenvalue weighted by Gasteiger charge is 2.08. The summed E-state index contributed by atoms with van der Waals surface area (Å²) in [5.41, 5.74) is 6.39. The van der Waals surface area contributed by atoms with Gasteiger partial charge in [-0.1, -0.05) is 6.07 Å². The summed E-state index contributed by atoms with van der Waals surface area (Å²) in [5, 5.41) is 12.8. The Morgan fingerprint density at radius 3 is 2.89 bits per heavy atom. The Morgan fingerprint density at radius 2 is 2.33 bits per heavy atom. The SMILES string of the molecule is CC(N)c1ncn(Cc2ccc(C#N)cc2F)n1. The van der Waals surface area contributed by atoms with Crippen molar-refractivity contribution in [3.05, 3.63) is 47.3 Å². The van der Waals surface area contributed by atoms with Crippen molar-refractivity contribution in [3.8, 4) is 6.07 Å². The van der Waals surface area contributed by atoms with E-state index in [-0.39, 0.29) is 12.6 Å². The molecule has 1 aromatic carbocycles. The Balaban J connectivity index is 2.21. The van der Waals surface area contributed by atoms with Crippen molar-refractivity contribution in [1.29, 1.82) is 5.26 Å². The minimum atomic E-state index is -0.424. The zero-order chi connectivity index (χ0) is 13.1. The maximum atomic E-state index is 13.7. The number of nitrogens with two attached hydrogens (primary N) is 1. The van der Waals surface area contributed by atoms with E-state index in [1.165, 1.54) is 17.1 Å². The zero-order valence-corrected chi connectivity index (χ0v) is 9.84. The molecule has 0 aliphatic rings. The molecule has 1 atom stereocenters. The van der Waals surface area contributed by atoms with E-state index in [0.29, 0.717) is 17.0 Å². The Labute approximate surface area is 104 Å². The third-order valence-electron chi connectivity index (χ3n) is 2.48. The lowest BCUT2D eigenvalue weighted by molar-refractivity contribution is 0.579. The fraction of sp³-hybridized carbons (Fsp3) is 0.250. The normalized spacial score (nSPS) is 12.1. The predicted molar refractivity (Wildman–Crippen MR) is 62.8 cm³/mol. The number of rotatable bonds is 3. The summed E-state index contributed by atoms with van der Waals surface area (Å²) in [4.78, 5) is 4.03. The lowest BCUT2D eigenvalue weighted by Crippen LogP contribution is -2.09. The highest BCUT2D eigenvalue weighted by molar-refractivity contribution is 5.32. The van der Waals surface area contributed by atoms with Gasteiger partial charge >= 0.3 is 0 Å². The summed E-state index contributed by atoms with van der Waals surface area (Å²) in [7, 11) is 0. The van der Waals surface area contributed by atoms with Gasteiger partial charge in [0.15, 0.2) is 5.82 Å². The fourth-order valence-corrected chi connectivity index (χ4v) is 1.51. The van der Waals surface area contributed by atoms with Crippen LogP contribution in [0, 0.1) is 17.1 Å². The molecule has 0 aliphatic heterocycles. The van der Waals surface area contributed by atoms with Crippen molar-refractivity contribution in [2.24, 2.45) is 5.73 Å². The lowest BCUT2D eigenvalue weighted by Gasteiger charge is -2.03. The van der Waals surface area contributed by atoms with Crippen molar-refractivity contribution in [3.63, 3.8) is 0 Å². The van der Waals surface area contributed by atoms with Crippen LogP contribution in [-0.2, 0) is 6.54 Å². The monoisotopic (exact) mass is 245 g/mol. The van der Waals surface area contributed by atoms with Gasteiger partial charge in [0.05, 0.1) is 24.2 Å². The molecule has 0 radical (unpaired) electrons. The molecule has 1 unspecified atom stereocenters. The minimum Gasteiger partial charge on any atom is -0.321 e. The number of halogens is 1. The number of aromatic nitrogens is 3. The molecule has 0 saturated heterocycles. The maximum Gasteiger partial charge on any atom is 0.166 e. The third-order valence-corrected chi connectivity index (χ3v) is 2.48. The molecule has 2 N–H and O–H groups in total. The van der Waals surface area contributed by atoms with Crippen LogP contribution in [0.5, 0.6) is 0 Å². The largest absolute Gasteiger partial charge is 0.321 e. The molecule has 0 spiro atoms. The van der Waals surface area contributed by atoms with Gasteiger partial charge in [0.1, 0.15) is 12.1 Å². The van der Waals surface area contributed by atoms with Crippen molar-refractivity contribution in [2.45, 2.75) is 19.5 Å². The van der Waals surface area contributed by atoms with Crippen molar-refractivity contribution in [1.82, 2.24) is 14.8 Å². The van der Waals surface area contributed by atoms with Gasteiger partial charge in [-0.2, -0.15) is 10.4 Å². The molecular weight excluding hydrogens is 233 g/mol. The summed E-state index contributed by atoms with van der Waals surface area (Å²) >= 11 is 0. The Kier molecular flexibility index (Phi) is 3.35. The first-order valence-corrected chi connectivity index (χ1v) is 5.43. The quantitative estimate of drug-likeness (QED) is 0.885. The zero-order valence-electron chi connectivity index (χ0n) is 9.84. The summed E-state index contributed by atoms with van der Waals surface area (Å²) in [5.74, 6) is 0.0935. The highest BCUT2D eigenvalue weighted by atomic mass is 19.1. The van der Waals surface area contributed by atoms with Gasteiger partial charge in [0, 0.05) is 5.56 Å². The summed E-state index contributed by atoms with van der Waals surface area (Å²) in [6.45, 7) is 2.04. The summed E-state index contributed by atoms with van der Waals surface area (Å²) < 4.78 is 15.2. The molecule has 5 nitrogen and oxygen atoms in total. The second kappa shape index (κ2) is 4.94. The first-order valence-electron chi connectivity index (χ1n) is 5.43. The second-order valence-electron chi connectivity index (χ2n) is 4.01. The van der Waals surface area contributed by atoms with Crippen LogP contribution < -0.4 is 5.73 Å². The van der Waals surface area contributed by atoms with Crippen LogP contribution in [0.15, 0.2) is 24.5 Å². The fourth-order valence-electron chi connectivity index (χ4n) is 1.51. The van der Waals surface area contributed by atoms with Crippen LogP contribution >= 0.6 is 0 Å². The number of nitrogens with zero attached hydrogens (tertiary/aromatic N) is 4. The average molecular weight is 245 g/mol. The van der Waals surface area contributed by atoms with Gasteiger partial charge in [-0.15, -0.1) is 0 Å². The number of nitriles is 1. The molecule has 1 aromatic heterocycles. The molecule has 0 saturated carbocycles. The Hall–Kier alpha value is -2.26. The third kappa shape index (κ3) is 2.52. The molecule has 0 aliphatic carbocycles. The van der Waals surface area contributed by atoms with Crippen LogP contribution in [0.3, 0.4) is 0 Å². The van der Waals surface area contributed by atoms with Gasteiger partial charge in [-0.25, -0.2) is 14.1 Å². The Bertz CT molecular complexity index is 597. The van der Waals surface area contributed by atoms with Crippen molar-refractivity contribution in [2.75, 3.05) is 0 Å². The number of hydrogen-bond acceptors (Lipinski definition) is 4. The topological polar surface area (TPSA) is 80.5 Å². The summed E-state index contributed by atoms with van der Waals surface area (Å²) in [6, 6.07) is 5.98. The maximum absolute atomic E-state index is 13.7. The van der Waals surface area contributed by atoms with E-state index in [1.54, 1.807) is 19.1 Å². The lowest BCUT2D eigenvalue weighted by atomic mass is 10.1. The molecular formula is C12H12FN5. The molecule has 0 amide bonds. The number of benzene rings is 1. The molecule has 2 rings (SSSR count). The van der Waals surface area contributed by atoms with E-state index >= 15 is 0 Å². The van der Waals surface area contributed by atoms with Crippen LogP contribution in [-0.4, -0.2) is 14.8 Å². The van der Waals surface area contributed by atoms with E-state index in [9.17, 15) is 4.39 Å². The van der Waals surface area contributed by atoms with E-state index in [1.807, 2.05) is 6.07 Å². The molecule has 1 heterocycles. The van der Waals surface area contributed by atoms with E-state index in [0.717, 1.165) is 0 Å². The molecule has 6 heteroatoms. The van der Waals surface area contributed by atoms with Gasteiger partial charge in [0.2, 0.25) is 0 Å². The highest BCUT2D eigenvalue weighted by Crippen LogP contribution is 2.11. The van der Waals surface area contributed by atoms with Crippen LogP contribution in [0.1, 0.15) is 29.9 Å². The smallest absolute Gasteiger partial charge is 0.166 e. The minimum absolute atomic E-state index is 0.253. The predicted octanol–water partition coefficient (Wildman–Crippen LogP) is 1.36. The second-order valence-corrected chi connectivity index (χ2v) is 4.01. The van der Waals surface area contributed by atoms with Crippen molar-refractivity contribution >= 4 is 0 Å². The summed E-state index contributed by atoms with van der Waals surface area (Å²) in [6.07, 6.45) is 1.51. The van der Waals surface area contributed by atoms with Crippen LogP contribution in [0.4, 0.5) is 4.39 Å². The van der Waals surface area contributed by atoms with Crippen LogP contribution in [0.25, 0.3) is 0 Å². The van der Waals surface area contributed by atoms with E-state index < -0.39 is 5.82 Å². The number of hydrogen-bond donors (Lipinski definition) is 1. The molecule has 92 valence electrons. The van der Waals surface area contributed by atoms with Gasteiger partial charge in [0.25, 0.3) is 0 Å². The first-order chi connectivity index (χ1) is 8.60.